The number of hydrogen-bond donors (Lipinski definition) is 2. The number of anilines is 1. The second-order valence-electron chi connectivity index (χ2n) is 7.82. The van der Waals surface area contributed by atoms with Crippen LogP contribution < -0.4 is 5.32 Å². The molecule has 28 heavy (non-hydrogen) atoms. The topological polar surface area (TPSA) is 65.5 Å². The van der Waals surface area contributed by atoms with Crippen molar-refractivity contribution in [3.05, 3.63) is 36.0 Å². The van der Waals surface area contributed by atoms with E-state index >= 15 is 0 Å². The van der Waals surface area contributed by atoms with E-state index in [-0.39, 0.29) is 18.6 Å². The van der Waals surface area contributed by atoms with Gasteiger partial charge in [0.1, 0.15) is 0 Å². The van der Waals surface area contributed by atoms with Crippen LogP contribution in [0.4, 0.5) is 18.9 Å². The van der Waals surface area contributed by atoms with E-state index in [1.807, 2.05) is 0 Å². The molecular formula is C20H22F3N3O2. The van der Waals surface area contributed by atoms with E-state index in [0.717, 1.165) is 37.2 Å². The predicted octanol–water partition coefficient (Wildman–Crippen LogP) is 3.99. The summed E-state index contributed by atoms with van der Waals surface area (Å²) in [7, 11) is 0. The molecule has 0 bridgehead atoms. The lowest BCUT2D eigenvalue weighted by molar-refractivity contribution is -0.139. The van der Waals surface area contributed by atoms with Gasteiger partial charge in [-0.05, 0) is 49.8 Å². The van der Waals surface area contributed by atoms with Crippen LogP contribution in [0.2, 0.25) is 0 Å². The van der Waals surface area contributed by atoms with Crippen molar-refractivity contribution in [1.82, 2.24) is 9.88 Å². The molecule has 0 aliphatic heterocycles. The van der Waals surface area contributed by atoms with Crippen LogP contribution in [0.25, 0.3) is 10.9 Å². The number of carboxylic acid groups (broad SMARTS) is 1. The SMILES string of the molecule is O=C(O)CN(CC1CC1)C1CC(Nc2ccnc3cc(C(F)(F)F)ccc23)C1. The summed E-state index contributed by atoms with van der Waals surface area (Å²) in [5, 5.41) is 13.2. The summed E-state index contributed by atoms with van der Waals surface area (Å²) < 4.78 is 38.7. The number of rotatable bonds is 7. The highest BCUT2D eigenvalue weighted by molar-refractivity contribution is 5.91. The fourth-order valence-corrected chi connectivity index (χ4v) is 3.82. The van der Waals surface area contributed by atoms with Gasteiger partial charge in [0.05, 0.1) is 17.6 Å². The highest BCUT2D eigenvalue weighted by Crippen LogP contribution is 2.36. The first-order valence-electron chi connectivity index (χ1n) is 9.48. The highest BCUT2D eigenvalue weighted by Gasteiger charge is 2.37. The van der Waals surface area contributed by atoms with Crippen LogP contribution in [-0.2, 0) is 11.0 Å². The first-order chi connectivity index (χ1) is 13.3. The highest BCUT2D eigenvalue weighted by atomic mass is 19.4. The summed E-state index contributed by atoms with van der Waals surface area (Å²) >= 11 is 0. The van der Waals surface area contributed by atoms with Crippen LogP contribution in [0.1, 0.15) is 31.2 Å². The minimum absolute atomic E-state index is 0.0618. The number of carbonyl (C=O) groups is 1. The molecular weight excluding hydrogens is 371 g/mol. The van der Waals surface area contributed by atoms with Gasteiger partial charge in [0.2, 0.25) is 0 Å². The average molecular weight is 393 g/mol. The number of carboxylic acids is 1. The maximum atomic E-state index is 12.9. The van der Waals surface area contributed by atoms with E-state index in [0.29, 0.717) is 16.8 Å². The van der Waals surface area contributed by atoms with E-state index < -0.39 is 17.7 Å². The quantitative estimate of drug-likeness (QED) is 0.745. The maximum Gasteiger partial charge on any atom is 0.416 e. The fraction of sp³-hybridized carbons (Fsp3) is 0.500. The number of nitrogens with one attached hydrogen (secondary N) is 1. The molecule has 5 nitrogen and oxygen atoms in total. The van der Waals surface area contributed by atoms with Crippen molar-refractivity contribution in [2.24, 2.45) is 5.92 Å². The molecule has 2 aliphatic carbocycles. The van der Waals surface area contributed by atoms with E-state index in [1.54, 1.807) is 6.07 Å². The smallest absolute Gasteiger partial charge is 0.416 e. The second kappa shape index (κ2) is 7.24. The lowest BCUT2D eigenvalue weighted by Crippen LogP contribution is -2.52. The third-order valence-corrected chi connectivity index (χ3v) is 5.59. The zero-order chi connectivity index (χ0) is 19.9. The molecule has 150 valence electrons. The van der Waals surface area contributed by atoms with Crippen LogP contribution in [-0.4, -0.2) is 46.1 Å². The van der Waals surface area contributed by atoms with Crippen molar-refractivity contribution < 1.29 is 23.1 Å². The van der Waals surface area contributed by atoms with Gasteiger partial charge in [-0.3, -0.25) is 14.7 Å². The molecule has 2 saturated carbocycles. The molecule has 2 aromatic rings. The Labute approximate surface area is 160 Å². The largest absolute Gasteiger partial charge is 0.480 e. The lowest BCUT2D eigenvalue weighted by atomic mass is 9.85. The van der Waals surface area contributed by atoms with Gasteiger partial charge in [-0.2, -0.15) is 13.2 Å². The number of hydrogen-bond acceptors (Lipinski definition) is 4. The van der Waals surface area contributed by atoms with Gasteiger partial charge in [-0.1, -0.05) is 6.07 Å². The predicted molar refractivity (Wildman–Crippen MR) is 99.1 cm³/mol. The van der Waals surface area contributed by atoms with Gasteiger partial charge < -0.3 is 10.4 Å². The number of aromatic nitrogens is 1. The molecule has 0 spiro atoms. The van der Waals surface area contributed by atoms with Gasteiger partial charge in [0.15, 0.2) is 0 Å². The van der Waals surface area contributed by atoms with Gasteiger partial charge in [-0.25, -0.2) is 0 Å². The summed E-state index contributed by atoms with van der Waals surface area (Å²) in [6.45, 7) is 0.897. The second-order valence-corrected chi connectivity index (χ2v) is 7.82. The number of pyridine rings is 1. The number of benzene rings is 1. The van der Waals surface area contributed by atoms with Crippen molar-refractivity contribution >= 4 is 22.6 Å². The van der Waals surface area contributed by atoms with Crippen LogP contribution in [0.5, 0.6) is 0 Å². The van der Waals surface area contributed by atoms with Crippen molar-refractivity contribution in [1.29, 1.82) is 0 Å². The third kappa shape index (κ3) is 4.22. The minimum atomic E-state index is -4.39. The number of alkyl halides is 3. The van der Waals surface area contributed by atoms with Crippen LogP contribution in [0.3, 0.4) is 0 Å². The molecule has 0 atom stereocenters. The lowest BCUT2D eigenvalue weighted by Gasteiger charge is -2.43. The molecule has 0 amide bonds. The Balaban J connectivity index is 1.42. The number of nitrogens with zero attached hydrogens (tertiary/aromatic N) is 2. The van der Waals surface area contributed by atoms with Gasteiger partial charge >= 0.3 is 12.1 Å². The first kappa shape index (κ1) is 19.0. The average Bonchev–Trinajstić information content (AvgIpc) is 3.39. The molecule has 8 heteroatoms. The Bertz CT molecular complexity index is 877. The summed E-state index contributed by atoms with van der Waals surface area (Å²) in [4.78, 5) is 17.3. The van der Waals surface area contributed by atoms with E-state index in [9.17, 15) is 18.0 Å². The zero-order valence-electron chi connectivity index (χ0n) is 15.2. The van der Waals surface area contributed by atoms with Crippen molar-refractivity contribution in [3.63, 3.8) is 0 Å². The molecule has 1 aromatic heterocycles. The molecule has 2 aliphatic rings. The van der Waals surface area contributed by atoms with Crippen LogP contribution in [0, 0.1) is 5.92 Å². The summed E-state index contributed by atoms with van der Waals surface area (Å²) in [5.41, 5.74) is 0.351. The van der Waals surface area contributed by atoms with E-state index in [1.165, 1.54) is 25.1 Å². The number of halogens is 3. The molecule has 1 heterocycles. The van der Waals surface area contributed by atoms with Crippen LogP contribution in [0.15, 0.2) is 30.5 Å². The summed E-state index contributed by atoms with van der Waals surface area (Å²) in [6, 6.07) is 5.76. The molecule has 0 radical (unpaired) electrons. The third-order valence-electron chi connectivity index (χ3n) is 5.59. The Morgan fingerprint density at radius 2 is 2.00 bits per heavy atom. The molecule has 2 fully saturated rings. The minimum Gasteiger partial charge on any atom is -0.480 e. The normalized spacial score (nSPS) is 22.3. The van der Waals surface area contributed by atoms with Crippen LogP contribution >= 0.6 is 0 Å². The van der Waals surface area contributed by atoms with Gasteiger partial charge in [-0.15, -0.1) is 0 Å². The molecule has 4 rings (SSSR count). The molecule has 0 saturated heterocycles. The molecule has 0 unspecified atom stereocenters. The fourth-order valence-electron chi connectivity index (χ4n) is 3.82. The molecule has 1 aromatic carbocycles. The number of aliphatic carboxylic acids is 1. The van der Waals surface area contributed by atoms with E-state index in [4.69, 9.17) is 5.11 Å². The standard InChI is InChI=1S/C20H22F3N3O2/c21-20(22,23)13-3-4-16-17(5-6-24-18(16)7-13)25-14-8-15(9-14)26(11-19(27)28)10-12-1-2-12/h3-7,12,14-15H,1-2,8-11H2,(H,24,25)(H,27,28). The molecule has 2 N–H and O–H groups in total. The van der Waals surface area contributed by atoms with Gasteiger partial charge in [0.25, 0.3) is 0 Å². The van der Waals surface area contributed by atoms with Crippen molar-refractivity contribution in [2.75, 3.05) is 18.4 Å². The summed E-state index contributed by atoms with van der Waals surface area (Å²) in [5.74, 6) is -0.184. The monoisotopic (exact) mass is 393 g/mol. The zero-order valence-corrected chi connectivity index (χ0v) is 15.2. The maximum absolute atomic E-state index is 12.9. The van der Waals surface area contributed by atoms with E-state index in [2.05, 4.69) is 15.2 Å². The Morgan fingerprint density at radius 1 is 1.25 bits per heavy atom. The number of fused-ring (bicyclic) bond motifs is 1. The Kier molecular flexibility index (Phi) is 4.91. The summed E-state index contributed by atoms with van der Waals surface area (Å²) in [6.07, 6.45) is 1.11. The Hall–Kier alpha value is -2.35. The van der Waals surface area contributed by atoms with Crippen molar-refractivity contribution in [3.8, 4) is 0 Å². The Morgan fingerprint density at radius 3 is 2.64 bits per heavy atom. The first-order valence-corrected chi connectivity index (χ1v) is 9.48. The van der Waals surface area contributed by atoms with Crippen molar-refractivity contribution in [2.45, 2.75) is 43.9 Å². The van der Waals surface area contributed by atoms with Gasteiger partial charge in [0, 0.05) is 35.9 Å².